The lowest BCUT2D eigenvalue weighted by Gasteiger charge is -2.28. The van der Waals surface area contributed by atoms with Crippen molar-refractivity contribution in [3.8, 4) is 11.5 Å². The highest BCUT2D eigenvalue weighted by Crippen LogP contribution is 2.38. The van der Waals surface area contributed by atoms with E-state index in [1.165, 1.54) is 29.4 Å². The van der Waals surface area contributed by atoms with Gasteiger partial charge in [0.2, 0.25) is 0 Å². The number of hydrogen-bond donors (Lipinski definition) is 3. The molecule has 0 saturated heterocycles. The monoisotopic (exact) mass is 797 g/mol. The average molecular weight is 797 g/mol. The van der Waals surface area contributed by atoms with E-state index in [4.69, 9.17) is 9.31 Å². The molecule has 2 aromatic heterocycles. The van der Waals surface area contributed by atoms with Gasteiger partial charge in [0.25, 0.3) is 0 Å². The van der Waals surface area contributed by atoms with E-state index in [-0.39, 0.29) is 74.3 Å². The molecule has 0 bridgehead atoms. The third kappa shape index (κ3) is 12.1. The van der Waals surface area contributed by atoms with Gasteiger partial charge < -0.3 is 24.7 Å². The number of fused-ring (bicyclic) bond motifs is 2. The first-order valence-corrected chi connectivity index (χ1v) is 18.2. The van der Waals surface area contributed by atoms with Crippen LogP contribution in [0.2, 0.25) is 11.6 Å². The van der Waals surface area contributed by atoms with E-state index in [2.05, 4.69) is 25.9 Å². The third-order valence-electron chi connectivity index (χ3n) is 9.29. The second-order valence-electron chi connectivity index (χ2n) is 14.0. The highest BCUT2D eigenvalue weighted by atomic mass is 19.4. The van der Waals surface area contributed by atoms with Crippen LogP contribution in [0.3, 0.4) is 0 Å². The summed E-state index contributed by atoms with van der Waals surface area (Å²) in [4.78, 5) is 48.1. The van der Waals surface area contributed by atoms with Crippen LogP contribution in [0.25, 0.3) is 0 Å². The standard InChI is InChI=1S/C20H24BF3N4O4.C16H17BFN3O4/c1-13(29)18-5-2-4-14-8-15(21(31)32-19(14)18)9-17(30)12-28-11-16(26-27-28)10-25-7-3-6-20(22,23)24;1-10(22)15-4-2-3-11-5-12(17(24)25-16(11)15)6-14(23)9-21-8-13(7-18)19-20-21/h2,4-5,11,15,25,31H,3,6-10,12H2,1H3;2-4,8,12,24H,5-7,9H2,1H3/t15-;12-/m11/s1. The fourth-order valence-corrected chi connectivity index (χ4v) is 6.55. The van der Waals surface area contributed by atoms with Crippen molar-refractivity contribution in [2.75, 3.05) is 6.54 Å². The first-order chi connectivity index (χ1) is 27.1. The van der Waals surface area contributed by atoms with E-state index in [0.29, 0.717) is 41.2 Å². The molecule has 302 valence electrons. The summed E-state index contributed by atoms with van der Waals surface area (Å²) in [5, 5.41) is 38.4. The number of halogens is 4. The first-order valence-electron chi connectivity index (χ1n) is 18.2. The van der Waals surface area contributed by atoms with Gasteiger partial charge >= 0.3 is 20.4 Å². The number of alkyl halides is 4. The van der Waals surface area contributed by atoms with Gasteiger partial charge in [-0.3, -0.25) is 19.2 Å². The molecule has 15 nitrogen and oxygen atoms in total. The van der Waals surface area contributed by atoms with Crippen LogP contribution in [0.1, 0.15) is 82.8 Å². The molecule has 0 fully saturated rings. The van der Waals surface area contributed by atoms with Crippen LogP contribution in [-0.4, -0.2) is 90.1 Å². The maximum atomic E-state index is 12.5. The van der Waals surface area contributed by atoms with Gasteiger partial charge in [-0.1, -0.05) is 34.7 Å². The zero-order chi connectivity index (χ0) is 41.3. The molecule has 0 spiro atoms. The SMILES string of the molecule is CC(=O)c1cccc2c1OB(O)[C@@H](CC(=O)Cn1cc(CF)nn1)C2.CC(=O)c1cccc2c1OB(O)[C@@H](CC(=O)Cn1cc(CNCCCC(F)(F)F)nn1)C2. The van der Waals surface area contributed by atoms with Crippen molar-refractivity contribution in [2.24, 2.45) is 0 Å². The first kappa shape index (κ1) is 42.9. The molecule has 4 heterocycles. The number of benzene rings is 2. The maximum Gasteiger partial charge on any atom is 0.526 e. The summed E-state index contributed by atoms with van der Waals surface area (Å²) in [5.41, 5.74) is 3.05. The maximum absolute atomic E-state index is 12.5. The summed E-state index contributed by atoms with van der Waals surface area (Å²) in [6.07, 6.45) is -1.16. The summed E-state index contributed by atoms with van der Waals surface area (Å²) in [6, 6.07) is 10.4. The molecule has 0 aliphatic carbocycles. The summed E-state index contributed by atoms with van der Waals surface area (Å²) in [6.45, 7) is 2.46. The highest BCUT2D eigenvalue weighted by Gasteiger charge is 2.38. The number of carbonyl (C=O) groups excluding carboxylic acids is 4. The zero-order valence-electron chi connectivity index (χ0n) is 31.2. The zero-order valence-corrected chi connectivity index (χ0v) is 31.2. The van der Waals surface area contributed by atoms with Gasteiger partial charge in [0.15, 0.2) is 23.1 Å². The lowest BCUT2D eigenvalue weighted by Crippen LogP contribution is -2.36. The Bertz CT molecular complexity index is 2060. The van der Waals surface area contributed by atoms with Crippen molar-refractivity contribution in [3.63, 3.8) is 0 Å². The summed E-state index contributed by atoms with van der Waals surface area (Å²) < 4.78 is 62.5. The molecule has 2 aliphatic rings. The van der Waals surface area contributed by atoms with Crippen LogP contribution in [0, 0.1) is 0 Å². The second-order valence-corrected chi connectivity index (χ2v) is 14.0. The molecular formula is C36H41B2F4N7O8. The van der Waals surface area contributed by atoms with Crippen LogP contribution in [-0.2, 0) is 48.7 Å². The normalized spacial score (nSPS) is 16.1. The fraction of sp³-hybridized carbons (Fsp3) is 0.444. The third-order valence-corrected chi connectivity index (χ3v) is 9.29. The molecule has 4 aromatic rings. The van der Waals surface area contributed by atoms with E-state index in [1.807, 2.05) is 6.07 Å². The lowest BCUT2D eigenvalue weighted by atomic mass is 9.64. The minimum absolute atomic E-state index is 0.0288. The van der Waals surface area contributed by atoms with Crippen LogP contribution in [0.15, 0.2) is 48.8 Å². The highest BCUT2D eigenvalue weighted by molar-refractivity contribution is 6.47. The van der Waals surface area contributed by atoms with Gasteiger partial charge in [0.1, 0.15) is 37.0 Å². The van der Waals surface area contributed by atoms with E-state index in [1.54, 1.807) is 36.5 Å². The number of rotatable bonds is 16. The van der Waals surface area contributed by atoms with Gasteiger partial charge in [-0.25, -0.2) is 13.8 Å². The number of para-hydroxylation sites is 2. The van der Waals surface area contributed by atoms with Crippen LogP contribution < -0.4 is 14.6 Å². The van der Waals surface area contributed by atoms with Gasteiger partial charge in [-0.2, -0.15) is 13.2 Å². The molecule has 2 aromatic carbocycles. The number of aromatic nitrogens is 6. The molecule has 0 unspecified atom stereocenters. The van der Waals surface area contributed by atoms with Crippen molar-refractivity contribution < 1.29 is 56.1 Å². The fourth-order valence-electron chi connectivity index (χ4n) is 6.55. The number of nitrogens with one attached hydrogen (secondary N) is 1. The molecule has 6 rings (SSSR count). The Morgan fingerprint density at radius 1 is 0.807 bits per heavy atom. The van der Waals surface area contributed by atoms with Crippen molar-refractivity contribution >= 4 is 37.4 Å². The van der Waals surface area contributed by atoms with E-state index in [0.717, 1.165) is 11.1 Å². The number of carbonyl (C=O) groups is 4. The minimum atomic E-state index is -4.17. The van der Waals surface area contributed by atoms with Gasteiger partial charge in [-0.05, 0) is 62.9 Å². The van der Waals surface area contributed by atoms with Crippen molar-refractivity contribution in [1.82, 2.24) is 35.3 Å². The van der Waals surface area contributed by atoms with Gasteiger partial charge in [-0.15, -0.1) is 10.2 Å². The topological polar surface area (TPSA) is 201 Å². The molecule has 21 heteroatoms. The number of Topliss-reactive ketones (excluding diaryl/α,β-unsaturated/α-hetero) is 4. The van der Waals surface area contributed by atoms with Gasteiger partial charge in [0.05, 0.1) is 29.2 Å². The van der Waals surface area contributed by atoms with Crippen LogP contribution in [0.4, 0.5) is 17.6 Å². The Balaban J connectivity index is 0.000000224. The Morgan fingerprint density at radius 2 is 1.28 bits per heavy atom. The molecule has 2 atom stereocenters. The van der Waals surface area contributed by atoms with Crippen LogP contribution >= 0.6 is 0 Å². The Hall–Kier alpha value is -5.27. The average Bonchev–Trinajstić information content (AvgIpc) is 3.80. The lowest BCUT2D eigenvalue weighted by molar-refractivity contribution is -0.135. The predicted octanol–water partition coefficient (Wildman–Crippen LogP) is 3.75. The smallest absolute Gasteiger partial charge is 0.526 e. The summed E-state index contributed by atoms with van der Waals surface area (Å²) in [7, 11) is -2.38. The molecule has 0 amide bonds. The van der Waals surface area contributed by atoms with E-state index >= 15 is 0 Å². The number of nitrogens with zero attached hydrogens (tertiary/aromatic N) is 6. The second kappa shape index (κ2) is 19.2. The Kier molecular flexibility index (Phi) is 14.5. The largest absolute Gasteiger partial charge is 0.535 e. The molecule has 0 saturated carbocycles. The van der Waals surface area contributed by atoms with Crippen molar-refractivity contribution in [3.05, 3.63) is 82.4 Å². The summed E-state index contributed by atoms with van der Waals surface area (Å²) >= 11 is 0. The molecule has 3 N–H and O–H groups in total. The number of hydrogen-bond acceptors (Lipinski definition) is 13. The van der Waals surface area contributed by atoms with Gasteiger partial charge in [0, 0.05) is 37.4 Å². The predicted molar refractivity (Wildman–Crippen MR) is 196 cm³/mol. The Morgan fingerprint density at radius 3 is 1.72 bits per heavy atom. The van der Waals surface area contributed by atoms with E-state index in [9.17, 15) is 46.8 Å². The molecule has 57 heavy (non-hydrogen) atoms. The number of ketones is 4. The van der Waals surface area contributed by atoms with Crippen LogP contribution in [0.5, 0.6) is 11.5 Å². The molecule has 2 aliphatic heterocycles. The van der Waals surface area contributed by atoms with E-state index < -0.39 is 45.1 Å². The quantitative estimate of drug-likeness (QED) is 0.0642. The molecule has 0 radical (unpaired) electrons. The molecular weight excluding hydrogens is 756 g/mol. The minimum Gasteiger partial charge on any atom is -0.535 e. The Labute approximate surface area is 325 Å². The van der Waals surface area contributed by atoms with Crippen molar-refractivity contribution in [1.29, 1.82) is 0 Å². The van der Waals surface area contributed by atoms with Crippen molar-refractivity contribution in [2.45, 2.75) is 96.5 Å². The summed E-state index contributed by atoms with van der Waals surface area (Å²) in [5.74, 6) is -0.807.